The van der Waals surface area contributed by atoms with Gasteiger partial charge in [-0.3, -0.25) is 4.98 Å². The average Bonchev–Trinajstić information content (AvgIpc) is 2.64. The smallest absolute Gasteiger partial charge is 0.0945 e. The third kappa shape index (κ3) is 3.03. The van der Waals surface area contributed by atoms with Crippen molar-refractivity contribution in [3.05, 3.63) is 40.1 Å². The Hall–Kier alpha value is -1.42. The quantitative estimate of drug-likeness (QED) is 0.882. The van der Waals surface area contributed by atoms with Crippen LogP contribution in [-0.4, -0.2) is 16.5 Å². The van der Waals surface area contributed by atoms with Crippen LogP contribution in [0, 0.1) is 13.8 Å². The molecule has 2 aromatic heterocycles. The van der Waals surface area contributed by atoms with Crippen LogP contribution in [0.2, 0.25) is 0 Å². The lowest BCUT2D eigenvalue weighted by atomic mass is 10.3. The summed E-state index contributed by atoms with van der Waals surface area (Å²) in [6.45, 7) is 4.99. The standard InChI is InChI=1S/C12H15N3S/c1-9-7-11(3-5-13-9)14-6-4-12-15-8-10(2)16-12/h3,5,7-8H,4,6H2,1-2H3,(H,13,14). The molecule has 0 saturated carbocycles. The van der Waals surface area contributed by atoms with E-state index >= 15 is 0 Å². The maximum absolute atomic E-state index is 4.33. The van der Waals surface area contributed by atoms with Gasteiger partial charge in [0.2, 0.25) is 0 Å². The summed E-state index contributed by atoms with van der Waals surface area (Å²) in [7, 11) is 0. The lowest BCUT2D eigenvalue weighted by molar-refractivity contribution is 0.995. The van der Waals surface area contributed by atoms with Gasteiger partial charge in [-0.2, -0.15) is 0 Å². The molecule has 0 bridgehead atoms. The van der Waals surface area contributed by atoms with E-state index in [0.717, 1.165) is 24.3 Å². The maximum atomic E-state index is 4.33. The molecule has 84 valence electrons. The number of nitrogens with one attached hydrogen (secondary N) is 1. The van der Waals surface area contributed by atoms with E-state index in [0.29, 0.717) is 0 Å². The van der Waals surface area contributed by atoms with Crippen LogP contribution in [0.1, 0.15) is 15.6 Å². The van der Waals surface area contributed by atoms with E-state index < -0.39 is 0 Å². The van der Waals surface area contributed by atoms with Gasteiger partial charge < -0.3 is 5.32 Å². The molecule has 0 amide bonds. The fourth-order valence-electron chi connectivity index (χ4n) is 1.49. The Morgan fingerprint density at radius 1 is 1.31 bits per heavy atom. The fraction of sp³-hybridized carbons (Fsp3) is 0.333. The van der Waals surface area contributed by atoms with Crippen molar-refractivity contribution in [3.8, 4) is 0 Å². The summed E-state index contributed by atoms with van der Waals surface area (Å²) in [6, 6.07) is 4.03. The number of pyridine rings is 1. The summed E-state index contributed by atoms with van der Waals surface area (Å²) in [5, 5.41) is 4.56. The van der Waals surface area contributed by atoms with Crippen molar-refractivity contribution in [2.24, 2.45) is 0 Å². The van der Waals surface area contributed by atoms with Crippen molar-refractivity contribution in [2.45, 2.75) is 20.3 Å². The molecular formula is C12H15N3S. The van der Waals surface area contributed by atoms with Crippen molar-refractivity contribution < 1.29 is 0 Å². The number of aryl methyl sites for hydroxylation is 2. The predicted octanol–water partition coefficient (Wildman–Crippen LogP) is 2.81. The molecule has 0 radical (unpaired) electrons. The number of nitrogens with zero attached hydrogens (tertiary/aromatic N) is 2. The Kier molecular flexibility index (Phi) is 3.51. The third-order valence-corrected chi connectivity index (χ3v) is 3.21. The van der Waals surface area contributed by atoms with Crippen LogP contribution < -0.4 is 5.32 Å². The first-order valence-electron chi connectivity index (χ1n) is 5.32. The van der Waals surface area contributed by atoms with Crippen LogP contribution in [0.15, 0.2) is 24.5 Å². The molecule has 16 heavy (non-hydrogen) atoms. The SMILES string of the molecule is Cc1cc(NCCc2ncc(C)s2)ccn1. The van der Waals surface area contributed by atoms with E-state index in [4.69, 9.17) is 0 Å². The summed E-state index contributed by atoms with van der Waals surface area (Å²) in [5.74, 6) is 0. The summed E-state index contributed by atoms with van der Waals surface area (Å²) in [5.41, 5.74) is 2.16. The van der Waals surface area contributed by atoms with Crippen molar-refractivity contribution >= 4 is 17.0 Å². The van der Waals surface area contributed by atoms with Crippen molar-refractivity contribution in [1.82, 2.24) is 9.97 Å². The molecule has 4 heteroatoms. The molecule has 0 aliphatic rings. The Morgan fingerprint density at radius 2 is 2.19 bits per heavy atom. The number of thiazole rings is 1. The molecule has 2 heterocycles. The number of rotatable bonds is 4. The first-order chi connectivity index (χ1) is 7.74. The second-order valence-electron chi connectivity index (χ2n) is 3.73. The van der Waals surface area contributed by atoms with Crippen molar-refractivity contribution in [3.63, 3.8) is 0 Å². The molecule has 0 unspecified atom stereocenters. The van der Waals surface area contributed by atoms with Crippen LogP contribution in [-0.2, 0) is 6.42 Å². The third-order valence-electron chi connectivity index (χ3n) is 2.23. The summed E-state index contributed by atoms with van der Waals surface area (Å²) in [4.78, 5) is 9.76. The molecule has 0 atom stereocenters. The number of anilines is 1. The van der Waals surface area contributed by atoms with Crippen LogP contribution in [0.25, 0.3) is 0 Å². The highest BCUT2D eigenvalue weighted by atomic mass is 32.1. The number of aromatic nitrogens is 2. The van der Waals surface area contributed by atoms with Crippen LogP contribution in [0.3, 0.4) is 0 Å². The van der Waals surface area contributed by atoms with Gasteiger partial charge in [0.15, 0.2) is 0 Å². The van der Waals surface area contributed by atoms with Gasteiger partial charge in [-0.15, -0.1) is 11.3 Å². The lowest BCUT2D eigenvalue weighted by Crippen LogP contribution is -2.04. The molecule has 0 aromatic carbocycles. The molecule has 0 saturated heterocycles. The summed E-state index contributed by atoms with van der Waals surface area (Å²) in [6.07, 6.45) is 4.72. The van der Waals surface area contributed by atoms with Crippen molar-refractivity contribution in [1.29, 1.82) is 0 Å². The predicted molar refractivity (Wildman–Crippen MR) is 68.0 cm³/mol. The molecule has 1 N–H and O–H groups in total. The van der Waals surface area contributed by atoms with E-state index in [1.54, 1.807) is 11.3 Å². The van der Waals surface area contributed by atoms with E-state index in [2.05, 4.69) is 22.2 Å². The zero-order valence-corrected chi connectivity index (χ0v) is 10.3. The van der Waals surface area contributed by atoms with E-state index in [-0.39, 0.29) is 0 Å². The highest BCUT2D eigenvalue weighted by molar-refractivity contribution is 7.11. The van der Waals surface area contributed by atoms with Gasteiger partial charge in [0, 0.05) is 41.6 Å². The van der Waals surface area contributed by atoms with Crippen LogP contribution in [0.4, 0.5) is 5.69 Å². The fourth-order valence-corrected chi connectivity index (χ4v) is 2.27. The molecular weight excluding hydrogens is 218 g/mol. The zero-order valence-electron chi connectivity index (χ0n) is 9.53. The monoisotopic (exact) mass is 233 g/mol. The van der Waals surface area contributed by atoms with E-state index in [1.807, 2.05) is 31.5 Å². The zero-order chi connectivity index (χ0) is 11.4. The highest BCUT2D eigenvalue weighted by Gasteiger charge is 1.98. The Bertz CT molecular complexity index is 465. The first kappa shape index (κ1) is 11.1. The minimum absolute atomic E-state index is 0.913. The van der Waals surface area contributed by atoms with Gasteiger partial charge in [0.05, 0.1) is 5.01 Å². The average molecular weight is 233 g/mol. The molecule has 0 fully saturated rings. The molecule has 2 rings (SSSR count). The summed E-state index contributed by atoms with van der Waals surface area (Å²) < 4.78 is 0. The summed E-state index contributed by atoms with van der Waals surface area (Å²) >= 11 is 1.76. The first-order valence-corrected chi connectivity index (χ1v) is 6.13. The molecule has 0 spiro atoms. The second kappa shape index (κ2) is 5.07. The minimum Gasteiger partial charge on any atom is -0.385 e. The Balaban J connectivity index is 1.84. The minimum atomic E-state index is 0.913. The number of hydrogen-bond acceptors (Lipinski definition) is 4. The van der Waals surface area contributed by atoms with E-state index in [9.17, 15) is 0 Å². The second-order valence-corrected chi connectivity index (χ2v) is 5.05. The van der Waals surface area contributed by atoms with Crippen LogP contribution in [0.5, 0.6) is 0 Å². The van der Waals surface area contributed by atoms with Gasteiger partial charge in [-0.25, -0.2) is 4.98 Å². The van der Waals surface area contributed by atoms with E-state index in [1.165, 1.54) is 9.88 Å². The Morgan fingerprint density at radius 3 is 2.88 bits per heavy atom. The molecule has 0 aliphatic carbocycles. The van der Waals surface area contributed by atoms with Gasteiger partial charge in [-0.05, 0) is 26.0 Å². The maximum Gasteiger partial charge on any atom is 0.0945 e. The molecule has 3 nitrogen and oxygen atoms in total. The van der Waals surface area contributed by atoms with Crippen molar-refractivity contribution in [2.75, 3.05) is 11.9 Å². The normalized spacial score (nSPS) is 10.4. The van der Waals surface area contributed by atoms with Gasteiger partial charge in [0.1, 0.15) is 0 Å². The Labute approximate surface area is 99.6 Å². The largest absolute Gasteiger partial charge is 0.385 e. The lowest BCUT2D eigenvalue weighted by Gasteiger charge is -2.04. The molecule has 0 aliphatic heterocycles. The number of hydrogen-bond donors (Lipinski definition) is 1. The van der Waals surface area contributed by atoms with Gasteiger partial charge >= 0.3 is 0 Å². The topological polar surface area (TPSA) is 37.8 Å². The molecule has 2 aromatic rings. The van der Waals surface area contributed by atoms with Crippen LogP contribution >= 0.6 is 11.3 Å². The van der Waals surface area contributed by atoms with Gasteiger partial charge in [-0.1, -0.05) is 0 Å². The highest BCUT2D eigenvalue weighted by Crippen LogP contribution is 2.12. The van der Waals surface area contributed by atoms with Gasteiger partial charge in [0.25, 0.3) is 0 Å².